The van der Waals surface area contributed by atoms with Crippen molar-refractivity contribution in [2.24, 2.45) is 5.41 Å². The second kappa shape index (κ2) is 10.1. The lowest BCUT2D eigenvalue weighted by Gasteiger charge is -2.39. The Bertz CT molecular complexity index is 888. The van der Waals surface area contributed by atoms with Gasteiger partial charge in [0, 0.05) is 31.9 Å². The van der Waals surface area contributed by atoms with E-state index >= 15 is 0 Å². The van der Waals surface area contributed by atoms with Gasteiger partial charge in [0.15, 0.2) is 0 Å². The molecule has 8 nitrogen and oxygen atoms in total. The monoisotopic (exact) mass is 442 g/mol. The van der Waals surface area contributed by atoms with Crippen LogP contribution in [0, 0.1) is 5.41 Å². The third-order valence-corrected chi connectivity index (χ3v) is 5.47. The summed E-state index contributed by atoms with van der Waals surface area (Å²) in [5, 5.41) is 2.91. The van der Waals surface area contributed by atoms with Gasteiger partial charge in [0.2, 0.25) is 11.8 Å². The van der Waals surface area contributed by atoms with Gasteiger partial charge in [-0.15, -0.1) is 0 Å². The van der Waals surface area contributed by atoms with Gasteiger partial charge in [-0.2, -0.15) is 4.98 Å². The Kier molecular flexibility index (Phi) is 7.43. The van der Waals surface area contributed by atoms with Crippen LogP contribution in [0.15, 0.2) is 36.5 Å². The summed E-state index contributed by atoms with van der Waals surface area (Å²) in [6.07, 6.45) is 3.20. The van der Waals surface area contributed by atoms with Crippen molar-refractivity contribution in [3.05, 3.63) is 42.1 Å². The summed E-state index contributed by atoms with van der Waals surface area (Å²) in [6.45, 7) is 10.4. The first-order valence-corrected chi connectivity index (χ1v) is 11.0. The lowest BCUT2D eigenvalue weighted by molar-refractivity contribution is 0.0495. The normalized spacial score (nSPS) is 15.7. The number of nitrogens with one attached hydrogen (secondary N) is 1. The summed E-state index contributed by atoms with van der Waals surface area (Å²) >= 11 is 0. The van der Waals surface area contributed by atoms with Gasteiger partial charge in [0.1, 0.15) is 18.0 Å². The van der Waals surface area contributed by atoms with E-state index in [0.717, 1.165) is 37.2 Å². The molecule has 0 atom stereocenters. The Morgan fingerprint density at radius 1 is 1.16 bits per heavy atom. The highest BCUT2D eigenvalue weighted by atomic mass is 16.6. The summed E-state index contributed by atoms with van der Waals surface area (Å²) in [5.74, 6) is 2.03. The third-order valence-electron chi connectivity index (χ3n) is 5.47. The molecule has 0 aliphatic carbocycles. The zero-order chi connectivity index (χ0) is 23.2. The fraction of sp³-hybridized carbons (Fsp3) is 0.542. The first kappa shape index (κ1) is 23.6. The van der Waals surface area contributed by atoms with Crippen molar-refractivity contribution in [2.45, 2.75) is 52.7 Å². The van der Waals surface area contributed by atoms with E-state index in [1.165, 1.54) is 0 Å². The number of aromatic nitrogens is 2. The molecule has 8 heteroatoms. The number of methoxy groups -OCH3 is 1. The number of rotatable bonds is 7. The summed E-state index contributed by atoms with van der Waals surface area (Å²) in [5.41, 5.74) is 0.555. The topological polar surface area (TPSA) is 85.8 Å². The Morgan fingerprint density at radius 3 is 2.47 bits per heavy atom. The van der Waals surface area contributed by atoms with E-state index in [2.05, 4.69) is 27.1 Å². The first-order chi connectivity index (χ1) is 15.2. The second-order valence-corrected chi connectivity index (χ2v) is 9.48. The maximum atomic E-state index is 12.0. The third kappa shape index (κ3) is 7.00. The molecular weight excluding hydrogens is 408 g/mol. The molecule has 0 unspecified atom stereocenters. The van der Waals surface area contributed by atoms with E-state index in [4.69, 9.17) is 14.2 Å². The first-order valence-electron chi connectivity index (χ1n) is 11.0. The van der Waals surface area contributed by atoms with E-state index in [9.17, 15) is 4.79 Å². The van der Waals surface area contributed by atoms with Crippen molar-refractivity contribution in [2.75, 3.05) is 31.6 Å². The van der Waals surface area contributed by atoms with Gasteiger partial charge >= 0.3 is 6.09 Å². The number of hydrogen-bond acceptors (Lipinski definition) is 7. The summed E-state index contributed by atoms with van der Waals surface area (Å²) in [7, 11) is 1.65. The van der Waals surface area contributed by atoms with Crippen LogP contribution in [0.2, 0.25) is 0 Å². The molecule has 174 valence electrons. The zero-order valence-electron chi connectivity index (χ0n) is 19.7. The minimum absolute atomic E-state index is 0.00980. The van der Waals surface area contributed by atoms with Gasteiger partial charge in [-0.05, 0) is 56.7 Å². The SMILES string of the molecule is COc1ccc(COc2ccnc(N3CCC(C)(CNC(=O)OC(C)(C)C)CC3)n2)cc1. The maximum absolute atomic E-state index is 12.0. The standard InChI is InChI=1S/C24H34N4O4/c1-23(2,3)32-22(29)26-17-24(4)11-14-28(15-12-24)21-25-13-10-20(27-21)31-16-18-6-8-19(30-5)9-7-18/h6-10,13H,11-12,14-17H2,1-5H3,(H,26,29). The van der Waals surface area contributed by atoms with Gasteiger partial charge in [-0.25, -0.2) is 9.78 Å². The molecule has 1 N–H and O–H groups in total. The zero-order valence-corrected chi connectivity index (χ0v) is 19.7. The molecule has 0 saturated carbocycles. The van der Waals surface area contributed by atoms with Crippen molar-refractivity contribution in [3.8, 4) is 11.6 Å². The van der Waals surface area contributed by atoms with Gasteiger partial charge in [-0.3, -0.25) is 0 Å². The Labute approximate surface area is 190 Å². The average molecular weight is 443 g/mol. The van der Waals surface area contributed by atoms with Crippen molar-refractivity contribution in [1.82, 2.24) is 15.3 Å². The molecule has 32 heavy (non-hydrogen) atoms. The van der Waals surface area contributed by atoms with Crippen molar-refractivity contribution in [1.29, 1.82) is 0 Å². The second-order valence-electron chi connectivity index (χ2n) is 9.48. The lowest BCUT2D eigenvalue weighted by atomic mass is 9.80. The number of piperidine rings is 1. The Morgan fingerprint density at radius 2 is 1.84 bits per heavy atom. The number of amides is 1. The predicted octanol–water partition coefficient (Wildman–Crippen LogP) is 4.20. The number of carbonyl (C=O) groups is 1. The number of anilines is 1. The molecule has 0 spiro atoms. The molecule has 1 aliphatic heterocycles. The van der Waals surface area contributed by atoms with Crippen LogP contribution in [0.1, 0.15) is 46.1 Å². The summed E-state index contributed by atoms with van der Waals surface area (Å²) < 4.78 is 16.4. The van der Waals surface area contributed by atoms with Gasteiger partial charge < -0.3 is 24.4 Å². The number of alkyl carbamates (subject to hydrolysis) is 1. The van der Waals surface area contributed by atoms with Crippen LogP contribution in [0.5, 0.6) is 11.6 Å². The molecule has 1 saturated heterocycles. The van der Waals surface area contributed by atoms with Crippen LogP contribution in [0.25, 0.3) is 0 Å². The molecule has 2 heterocycles. The Balaban J connectivity index is 1.50. The molecule has 0 radical (unpaired) electrons. The average Bonchev–Trinajstić information content (AvgIpc) is 2.76. The summed E-state index contributed by atoms with van der Waals surface area (Å²) in [6, 6.07) is 9.53. The van der Waals surface area contributed by atoms with Crippen molar-refractivity contribution < 1.29 is 19.0 Å². The van der Waals surface area contributed by atoms with Gasteiger partial charge in [0.25, 0.3) is 0 Å². The van der Waals surface area contributed by atoms with E-state index in [1.54, 1.807) is 19.4 Å². The van der Waals surface area contributed by atoms with E-state index in [0.29, 0.717) is 25.0 Å². The van der Waals surface area contributed by atoms with Crippen LogP contribution in [0.3, 0.4) is 0 Å². The molecule has 1 aromatic heterocycles. The number of hydrogen-bond donors (Lipinski definition) is 1. The summed E-state index contributed by atoms with van der Waals surface area (Å²) in [4.78, 5) is 23.2. The number of carbonyl (C=O) groups excluding carboxylic acids is 1. The number of benzene rings is 1. The molecule has 1 fully saturated rings. The van der Waals surface area contributed by atoms with Crippen LogP contribution >= 0.6 is 0 Å². The van der Waals surface area contributed by atoms with E-state index in [1.807, 2.05) is 45.0 Å². The van der Waals surface area contributed by atoms with Crippen LogP contribution in [0.4, 0.5) is 10.7 Å². The molecule has 1 aliphatic rings. The van der Waals surface area contributed by atoms with Crippen LogP contribution in [-0.2, 0) is 11.3 Å². The van der Waals surface area contributed by atoms with E-state index in [-0.39, 0.29) is 11.5 Å². The lowest BCUT2D eigenvalue weighted by Crippen LogP contribution is -2.46. The Hall–Kier alpha value is -3.03. The fourth-order valence-corrected chi connectivity index (χ4v) is 3.47. The molecule has 0 bridgehead atoms. The number of ether oxygens (including phenoxy) is 3. The van der Waals surface area contributed by atoms with Crippen LogP contribution < -0.4 is 19.7 Å². The highest BCUT2D eigenvalue weighted by Crippen LogP contribution is 2.32. The van der Waals surface area contributed by atoms with Crippen molar-refractivity contribution in [3.63, 3.8) is 0 Å². The largest absolute Gasteiger partial charge is 0.497 e. The molecular formula is C24H34N4O4. The minimum atomic E-state index is -0.494. The minimum Gasteiger partial charge on any atom is -0.497 e. The van der Waals surface area contributed by atoms with Gasteiger partial charge in [-0.1, -0.05) is 19.1 Å². The smallest absolute Gasteiger partial charge is 0.407 e. The highest BCUT2D eigenvalue weighted by molar-refractivity contribution is 5.67. The highest BCUT2D eigenvalue weighted by Gasteiger charge is 2.32. The number of nitrogens with zero attached hydrogens (tertiary/aromatic N) is 3. The van der Waals surface area contributed by atoms with Gasteiger partial charge in [0.05, 0.1) is 7.11 Å². The molecule has 1 aromatic carbocycles. The fourth-order valence-electron chi connectivity index (χ4n) is 3.47. The predicted molar refractivity (Wildman–Crippen MR) is 123 cm³/mol. The van der Waals surface area contributed by atoms with E-state index < -0.39 is 5.60 Å². The quantitative estimate of drug-likeness (QED) is 0.688. The van der Waals surface area contributed by atoms with Crippen molar-refractivity contribution >= 4 is 12.0 Å². The van der Waals surface area contributed by atoms with Crippen LogP contribution in [-0.4, -0.2) is 48.4 Å². The molecule has 2 aromatic rings. The molecule has 1 amide bonds. The maximum Gasteiger partial charge on any atom is 0.407 e. The molecule has 3 rings (SSSR count).